The highest BCUT2D eigenvalue weighted by Gasteiger charge is 2.25. The van der Waals surface area contributed by atoms with Crippen molar-refractivity contribution in [3.8, 4) is 0 Å². The van der Waals surface area contributed by atoms with Gasteiger partial charge in [0.1, 0.15) is 0 Å². The van der Waals surface area contributed by atoms with Crippen LogP contribution in [0.3, 0.4) is 0 Å². The second-order valence-electron chi connectivity index (χ2n) is 7.37. The largest absolute Gasteiger partial charge is 0.379 e. The van der Waals surface area contributed by atoms with Crippen LogP contribution in [0.15, 0.2) is 53.4 Å². The number of alkyl halides is 1. The molecule has 1 aliphatic rings. The minimum absolute atomic E-state index is 0.0310. The van der Waals surface area contributed by atoms with E-state index in [9.17, 15) is 8.42 Å². The van der Waals surface area contributed by atoms with E-state index < -0.39 is 10.0 Å². The molecule has 29 heavy (non-hydrogen) atoms. The molecule has 1 heterocycles. The predicted octanol–water partition coefficient (Wildman–Crippen LogP) is 3.52. The second-order valence-corrected chi connectivity index (χ2v) is 9.51. The molecule has 1 aliphatic heterocycles. The first-order chi connectivity index (χ1) is 14.0. The number of morpholine rings is 1. The van der Waals surface area contributed by atoms with Crippen molar-refractivity contribution in [1.29, 1.82) is 0 Å². The van der Waals surface area contributed by atoms with Crippen molar-refractivity contribution < 1.29 is 13.2 Å². The molecular weight excluding hydrogens is 408 g/mol. The summed E-state index contributed by atoms with van der Waals surface area (Å²) in [5, 5.41) is 0. The van der Waals surface area contributed by atoms with Gasteiger partial charge in [0.15, 0.2) is 0 Å². The van der Waals surface area contributed by atoms with Gasteiger partial charge in [0.05, 0.1) is 18.1 Å². The molecule has 2 aromatic carbocycles. The first-order valence-electron chi connectivity index (χ1n) is 10.0. The number of halogens is 1. The Kier molecular flexibility index (Phi) is 8.09. The lowest BCUT2D eigenvalue weighted by atomic mass is 10.0. The third kappa shape index (κ3) is 6.27. The molecule has 1 fully saturated rings. The Labute approximate surface area is 179 Å². The summed E-state index contributed by atoms with van der Waals surface area (Å²) in [6.45, 7) is 5.28. The molecule has 1 atom stereocenters. The maximum absolute atomic E-state index is 12.9. The topological polar surface area (TPSA) is 58.6 Å². The van der Waals surface area contributed by atoms with Gasteiger partial charge in [-0.05, 0) is 43.0 Å². The lowest BCUT2D eigenvalue weighted by Crippen LogP contribution is -2.43. The van der Waals surface area contributed by atoms with Crippen molar-refractivity contribution in [3.63, 3.8) is 0 Å². The van der Waals surface area contributed by atoms with E-state index in [2.05, 4.69) is 34.7 Å². The van der Waals surface area contributed by atoms with Crippen molar-refractivity contribution in [2.24, 2.45) is 0 Å². The highest BCUT2D eigenvalue weighted by atomic mass is 35.5. The average molecular weight is 437 g/mol. The normalized spacial score (nSPS) is 16.6. The molecule has 0 bridgehead atoms. The van der Waals surface area contributed by atoms with Crippen molar-refractivity contribution in [2.45, 2.75) is 30.7 Å². The first-order valence-corrected chi connectivity index (χ1v) is 12.0. The summed E-state index contributed by atoms with van der Waals surface area (Å²) in [7, 11) is -3.58. The summed E-state index contributed by atoms with van der Waals surface area (Å²) in [5.41, 5.74) is 3.37. The summed E-state index contributed by atoms with van der Waals surface area (Å²) in [4.78, 5) is 2.58. The zero-order valence-corrected chi connectivity index (χ0v) is 18.4. The van der Waals surface area contributed by atoms with Gasteiger partial charge in [0.25, 0.3) is 0 Å². The summed E-state index contributed by atoms with van der Waals surface area (Å²) >= 11 is 5.73. The zero-order valence-electron chi connectivity index (χ0n) is 16.8. The summed E-state index contributed by atoms with van der Waals surface area (Å²) in [6, 6.07) is 15.3. The molecule has 0 aromatic heterocycles. The molecule has 1 N–H and O–H groups in total. The Hall–Kier alpha value is -1.44. The summed E-state index contributed by atoms with van der Waals surface area (Å²) < 4.78 is 34.0. The standard InChI is InChI=1S/C22H29ClN2O3S/c1-18-4-2-6-20(16-18)22(25-12-14-28-15-13-25)17-24-29(26,27)21-9-7-19(8-10-21)5-3-11-23/h2,4,6-10,16,22,24H,3,5,11-15,17H2,1H3. The van der Waals surface area contributed by atoms with Crippen molar-refractivity contribution in [1.82, 2.24) is 9.62 Å². The lowest BCUT2D eigenvalue weighted by molar-refractivity contribution is 0.0172. The van der Waals surface area contributed by atoms with Crippen LogP contribution in [0.1, 0.15) is 29.2 Å². The van der Waals surface area contributed by atoms with Gasteiger partial charge >= 0.3 is 0 Å². The molecule has 3 rings (SSSR count). The van der Waals surface area contributed by atoms with Crippen molar-refractivity contribution >= 4 is 21.6 Å². The Bertz CT molecular complexity index is 881. The van der Waals surface area contributed by atoms with Gasteiger partial charge in [-0.1, -0.05) is 42.0 Å². The van der Waals surface area contributed by atoms with Crippen LogP contribution in [0.25, 0.3) is 0 Å². The van der Waals surface area contributed by atoms with Crippen LogP contribution in [-0.4, -0.2) is 52.0 Å². The Balaban J connectivity index is 1.73. The van der Waals surface area contributed by atoms with E-state index in [0.717, 1.165) is 42.6 Å². The van der Waals surface area contributed by atoms with Gasteiger partial charge in [-0.15, -0.1) is 11.6 Å². The van der Waals surface area contributed by atoms with E-state index in [1.54, 1.807) is 12.1 Å². The maximum atomic E-state index is 12.9. The first kappa shape index (κ1) is 22.2. The molecular formula is C22H29ClN2O3S. The molecule has 0 saturated carbocycles. The van der Waals surface area contributed by atoms with E-state index in [4.69, 9.17) is 16.3 Å². The van der Waals surface area contributed by atoms with Crippen molar-refractivity contribution in [3.05, 3.63) is 65.2 Å². The Morgan fingerprint density at radius 1 is 1.14 bits per heavy atom. The number of ether oxygens (including phenoxy) is 1. The van der Waals surface area contributed by atoms with E-state index in [1.807, 2.05) is 18.2 Å². The van der Waals surface area contributed by atoms with Crippen LogP contribution in [0, 0.1) is 6.92 Å². The SMILES string of the molecule is Cc1cccc(C(CNS(=O)(=O)c2ccc(CCCCl)cc2)N2CCOCC2)c1. The van der Waals surface area contributed by atoms with Gasteiger partial charge in [0, 0.05) is 31.6 Å². The number of aryl methyl sites for hydroxylation is 2. The third-order valence-electron chi connectivity index (χ3n) is 5.21. The van der Waals surface area contributed by atoms with E-state index in [1.165, 1.54) is 0 Å². The fourth-order valence-corrected chi connectivity index (χ4v) is 4.77. The molecule has 7 heteroatoms. The average Bonchev–Trinajstić information content (AvgIpc) is 2.73. The quantitative estimate of drug-likeness (QED) is 0.611. The van der Waals surface area contributed by atoms with Gasteiger partial charge in [-0.2, -0.15) is 0 Å². The molecule has 0 radical (unpaired) electrons. The van der Waals surface area contributed by atoms with Crippen LogP contribution in [0.2, 0.25) is 0 Å². The minimum atomic E-state index is -3.58. The van der Waals surface area contributed by atoms with Gasteiger partial charge in [0.2, 0.25) is 10.0 Å². The fourth-order valence-electron chi connectivity index (χ4n) is 3.60. The molecule has 0 spiro atoms. The zero-order chi connectivity index (χ0) is 20.7. The van der Waals surface area contributed by atoms with Crippen LogP contribution < -0.4 is 4.72 Å². The molecule has 1 unspecified atom stereocenters. The highest BCUT2D eigenvalue weighted by molar-refractivity contribution is 7.89. The molecule has 1 saturated heterocycles. The van der Waals surface area contributed by atoms with Gasteiger partial charge < -0.3 is 4.74 Å². The molecule has 5 nitrogen and oxygen atoms in total. The van der Waals surface area contributed by atoms with Gasteiger partial charge in [-0.3, -0.25) is 4.90 Å². The number of hydrogen-bond acceptors (Lipinski definition) is 4. The summed E-state index contributed by atoms with van der Waals surface area (Å²) in [6.07, 6.45) is 1.73. The molecule has 0 aliphatic carbocycles. The fraction of sp³-hybridized carbons (Fsp3) is 0.455. The van der Waals surface area contributed by atoms with Crippen LogP contribution in [0.4, 0.5) is 0 Å². The van der Waals surface area contributed by atoms with Crippen LogP contribution in [0.5, 0.6) is 0 Å². The van der Waals surface area contributed by atoms with E-state index >= 15 is 0 Å². The number of nitrogens with one attached hydrogen (secondary N) is 1. The number of hydrogen-bond donors (Lipinski definition) is 1. The molecule has 2 aromatic rings. The number of rotatable bonds is 9. The molecule has 158 valence electrons. The minimum Gasteiger partial charge on any atom is -0.379 e. The monoisotopic (exact) mass is 436 g/mol. The van der Waals surface area contributed by atoms with Crippen LogP contribution in [-0.2, 0) is 21.2 Å². The number of nitrogens with zero attached hydrogens (tertiary/aromatic N) is 1. The highest BCUT2D eigenvalue weighted by Crippen LogP contribution is 2.23. The van der Waals surface area contributed by atoms with E-state index in [0.29, 0.717) is 25.6 Å². The second kappa shape index (κ2) is 10.5. The Morgan fingerprint density at radius 3 is 2.52 bits per heavy atom. The summed E-state index contributed by atoms with van der Waals surface area (Å²) in [5.74, 6) is 0.601. The van der Waals surface area contributed by atoms with E-state index in [-0.39, 0.29) is 10.9 Å². The Morgan fingerprint density at radius 2 is 1.86 bits per heavy atom. The third-order valence-corrected chi connectivity index (χ3v) is 6.92. The predicted molar refractivity (Wildman–Crippen MR) is 117 cm³/mol. The van der Waals surface area contributed by atoms with Gasteiger partial charge in [-0.25, -0.2) is 13.1 Å². The maximum Gasteiger partial charge on any atom is 0.240 e. The molecule has 0 amide bonds. The van der Waals surface area contributed by atoms with Crippen molar-refractivity contribution in [2.75, 3.05) is 38.7 Å². The lowest BCUT2D eigenvalue weighted by Gasteiger charge is -2.35. The van der Waals surface area contributed by atoms with Crippen LogP contribution >= 0.6 is 11.6 Å². The number of sulfonamides is 1. The number of benzene rings is 2. The smallest absolute Gasteiger partial charge is 0.240 e.